The van der Waals surface area contributed by atoms with E-state index in [1.807, 2.05) is 30.3 Å². The summed E-state index contributed by atoms with van der Waals surface area (Å²) >= 11 is 0. The van der Waals surface area contributed by atoms with Crippen LogP contribution in [0.1, 0.15) is 11.1 Å². The Morgan fingerprint density at radius 2 is 1.12 bits per heavy atom. The number of rotatable bonds is 2. The molecule has 0 saturated carbocycles. The summed E-state index contributed by atoms with van der Waals surface area (Å²) in [6.45, 7) is 0. The molecule has 0 saturated heterocycles. The van der Waals surface area contributed by atoms with E-state index in [0.717, 1.165) is 5.56 Å². The van der Waals surface area contributed by atoms with Crippen LogP contribution in [0.15, 0.2) is 54.6 Å². The molecule has 2 aromatic rings. The maximum Gasteiger partial charge on any atom is 1.00 e. The summed E-state index contributed by atoms with van der Waals surface area (Å²) in [5.41, 5.74) is 10.2. The molecule has 3 heteroatoms. The van der Waals surface area contributed by atoms with Crippen molar-refractivity contribution in [2.24, 2.45) is 0 Å². The first kappa shape index (κ1) is 18.3. The Morgan fingerprint density at radius 1 is 0.647 bits per heavy atom. The van der Waals surface area contributed by atoms with E-state index >= 15 is 0 Å². The molecule has 0 aromatic heterocycles. The number of hydrogen-bond donors (Lipinski definition) is 0. The van der Waals surface area contributed by atoms with E-state index in [1.54, 1.807) is 12.1 Å². The van der Waals surface area contributed by atoms with Crippen molar-refractivity contribution in [2.75, 3.05) is 0 Å². The molecule has 0 aliphatic rings. The van der Waals surface area contributed by atoms with Crippen LogP contribution in [-0.4, -0.2) is 0 Å². The van der Waals surface area contributed by atoms with Gasteiger partial charge in [0, 0.05) is 0 Å². The van der Waals surface area contributed by atoms with Gasteiger partial charge < -0.3 is 5.73 Å². The fraction of sp³-hybridized carbons (Fsp3) is 0. The van der Waals surface area contributed by atoms with Gasteiger partial charge in [-0.2, -0.15) is 0 Å². The molecule has 0 heterocycles. The van der Waals surface area contributed by atoms with E-state index in [9.17, 15) is 0 Å². The van der Waals surface area contributed by atoms with E-state index in [1.165, 1.54) is 5.56 Å². The second-order valence-corrected chi connectivity index (χ2v) is 3.37. The third-order valence-electron chi connectivity index (χ3n) is 2.18. The second-order valence-electron chi connectivity index (χ2n) is 3.37. The van der Waals surface area contributed by atoms with Crippen LogP contribution in [0.2, 0.25) is 0 Å². The molecule has 0 aliphatic heterocycles. The zero-order valence-corrected chi connectivity index (χ0v) is 16.6. The first-order valence-corrected chi connectivity index (χ1v) is 4.89. The molecule has 0 atom stereocenters. The quantitative estimate of drug-likeness (QED) is 0.472. The molecular weight excluding hydrogens is 260 g/mol. The minimum atomic E-state index is 0. The van der Waals surface area contributed by atoms with E-state index in [4.69, 9.17) is 5.73 Å². The molecule has 17 heavy (non-hydrogen) atoms. The van der Waals surface area contributed by atoms with Crippen molar-refractivity contribution in [1.82, 2.24) is 0 Å². The normalized spacial score (nSPS) is 9.41. The molecule has 0 bridgehead atoms. The van der Waals surface area contributed by atoms with Crippen molar-refractivity contribution in [3.05, 3.63) is 71.5 Å². The van der Waals surface area contributed by atoms with Gasteiger partial charge in [-0.15, -0.1) is 5.69 Å². The fourth-order valence-electron chi connectivity index (χ4n) is 1.35. The summed E-state index contributed by atoms with van der Waals surface area (Å²) in [7, 11) is 0. The maximum atomic E-state index is 7.36. The van der Waals surface area contributed by atoms with Crippen LogP contribution in [0, 0.1) is 0 Å². The van der Waals surface area contributed by atoms with Crippen molar-refractivity contribution in [2.45, 2.75) is 0 Å². The second kappa shape index (κ2) is 10.1. The standard InChI is InChI=1S/C14H12N.2K/c15-14-10-8-13(9-11-14)7-6-12-4-2-1-3-5-12;;/h1-11,15H;;/q-1;2*+1/b7-6+;;. The van der Waals surface area contributed by atoms with Gasteiger partial charge in [0.2, 0.25) is 0 Å². The van der Waals surface area contributed by atoms with Gasteiger partial charge in [0.05, 0.1) is 0 Å². The SMILES string of the molecule is [K+].[K+].[NH-]c1ccc(/C=C/c2ccccc2)cc1. The van der Waals surface area contributed by atoms with Crippen LogP contribution in [-0.2, 0) is 0 Å². The van der Waals surface area contributed by atoms with Gasteiger partial charge in [-0.25, -0.2) is 0 Å². The van der Waals surface area contributed by atoms with Crippen molar-refractivity contribution in [1.29, 1.82) is 0 Å². The van der Waals surface area contributed by atoms with Crippen molar-refractivity contribution >= 4 is 17.8 Å². The third kappa shape index (κ3) is 6.82. The third-order valence-corrected chi connectivity index (χ3v) is 2.18. The Labute approximate surface area is 188 Å². The van der Waals surface area contributed by atoms with Gasteiger partial charge in [-0.1, -0.05) is 66.7 Å². The number of hydrogen-bond acceptors (Lipinski definition) is 0. The van der Waals surface area contributed by atoms with Crippen LogP contribution >= 0.6 is 0 Å². The maximum absolute atomic E-state index is 7.36. The molecule has 1 N–H and O–H groups in total. The van der Waals surface area contributed by atoms with Gasteiger partial charge in [0.1, 0.15) is 0 Å². The number of nitrogens with one attached hydrogen (secondary N) is 1. The molecular formula is C14H12K2N+. The molecule has 74 valence electrons. The summed E-state index contributed by atoms with van der Waals surface area (Å²) in [5, 5.41) is 0. The van der Waals surface area contributed by atoms with Gasteiger partial charge in [0.25, 0.3) is 0 Å². The minimum Gasteiger partial charge on any atom is -0.699 e. The topological polar surface area (TPSA) is 23.8 Å². The Morgan fingerprint density at radius 3 is 1.65 bits per heavy atom. The van der Waals surface area contributed by atoms with E-state index in [2.05, 4.69) is 24.3 Å². The first-order valence-electron chi connectivity index (χ1n) is 4.89. The average Bonchev–Trinajstić information content (AvgIpc) is 2.30. The molecule has 2 rings (SSSR count). The van der Waals surface area contributed by atoms with Gasteiger partial charge >= 0.3 is 103 Å². The van der Waals surface area contributed by atoms with Crippen LogP contribution in [0.5, 0.6) is 0 Å². The van der Waals surface area contributed by atoms with Gasteiger partial charge in [0.15, 0.2) is 0 Å². The zero-order chi connectivity index (χ0) is 10.5. The predicted molar refractivity (Wildman–Crippen MR) is 65.8 cm³/mol. The minimum absolute atomic E-state index is 0. The van der Waals surface area contributed by atoms with Crippen LogP contribution in [0.4, 0.5) is 5.69 Å². The van der Waals surface area contributed by atoms with Crippen molar-refractivity contribution in [3.63, 3.8) is 0 Å². The molecule has 1 nitrogen and oxygen atoms in total. The van der Waals surface area contributed by atoms with Crippen LogP contribution in [0.25, 0.3) is 17.9 Å². The molecule has 2 aromatic carbocycles. The molecule has 0 unspecified atom stereocenters. The Kier molecular flexibility index (Phi) is 10.8. The summed E-state index contributed by atoms with van der Waals surface area (Å²) in [6.07, 6.45) is 4.12. The smallest absolute Gasteiger partial charge is 0.699 e. The van der Waals surface area contributed by atoms with E-state index in [0.29, 0.717) is 5.69 Å². The van der Waals surface area contributed by atoms with Gasteiger partial charge in [-0.05, 0) is 11.1 Å². The van der Waals surface area contributed by atoms with E-state index in [-0.39, 0.29) is 103 Å². The van der Waals surface area contributed by atoms with Crippen LogP contribution < -0.4 is 103 Å². The van der Waals surface area contributed by atoms with Crippen molar-refractivity contribution in [3.8, 4) is 0 Å². The van der Waals surface area contributed by atoms with Crippen molar-refractivity contribution < 1.29 is 103 Å². The first-order chi connectivity index (χ1) is 7.34. The molecule has 0 amide bonds. The average molecular weight is 272 g/mol. The molecule has 0 spiro atoms. The number of benzene rings is 2. The zero-order valence-electron chi connectivity index (χ0n) is 10.4. The monoisotopic (exact) mass is 272 g/mol. The predicted octanol–water partition coefficient (Wildman–Crippen LogP) is -1.45. The summed E-state index contributed by atoms with van der Waals surface area (Å²) in [4.78, 5) is 0. The summed E-state index contributed by atoms with van der Waals surface area (Å²) in [5.74, 6) is 0. The molecule has 0 aliphatic carbocycles. The fourth-order valence-corrected chi connectivity index (χ4v) is 1.35. The van der Waals surface area contributed by atoms with E-state index < -0.39 is 0 Å². The largest absolute Gasteiger partial charge is 1.00 e. The Balaban J connectivity index is 0.00000128. The molecule has 0 radical (unpaired) electrons. The molecule has 0 fully saturated rings. The Bertz CT molecular complexity index is 449. The summed E-state index contributed by atoms with van der Waals surface area (Å²) < 4.78 is 0. The van der Waals surface area contributed by atoms with Crippen LogP contribution in [0.3, 0.4) is 0 Å². The van der Waals surface area contributed by atoms with Gasteiger partial charge in [-0.3, -0.25) is 0 Å². The summed E-state index contributed by atoms with van der Waals surface area (Å²) in [6, 6.07) is 17.7. The Hall–Kier alpha value is 1.25.